The van der Waals surface area contributed by atoms with Crippen molar-refractivity contribution in [3.63, 3.8) is 0 Å². The maximum atomic E-state index is 13.0. The molecule has 1 aliphatic heterocycles. The van der Waals surface area contributed by atoms with Gasteiger partial charge in [0.15, 0.2) is 0 Å². The highest BCUT2D eigenvalue weighted by Gasteiger charge is 2.48. The second-order valence-corrected chi connectivity index (χ2v) is 8.00. The van der Waals surface area contributed by atoms with Gasteiger partial charge < -0.3 is 9.84 Å². The van der Waals surface area contributed by atoms with Gasteiger partial charge in [-0.25, -0.2) is 0 Å². The first-order chi connectivity index (χ1) is 14.4. The van der Waals surface area contributed by atoms with E-state index in [1.807, 2.05) is 0 Å². The third-order valence-corrected chi connectivity index (χ3v) is 5.66. The summed E-state index contributed by atoms with van der Waals surface area (Å²) in [5, 5.41) is 20.3. The lowest BCUT2D eigenvalue weighted by atomic mass is 9.96. The van der Waals surface area contributed by atoms with Crippen LogP contribution >= 0.6 is 22.9 Å². The van der Waals surface area contributed by atoms with Crippen LogP contribution in [-0.2, 0) is 9.59 Å². The summed E-state index contributed by atoms with van der Waals surface area (Å²) in [6, 6.07) is 7.10. The average Bonchev–Trinajstić information content (AvgIpc) is 3.29. The monoisotopic (exact) mass is 442 g/mol. The van der Waals surface area contributed by atoms with Crippen LogP contribution in [0, 0.1) is 6.92 Å². The SMILES string of the molecule is COc1ccc(Cl)cc1C(O)=C1C(=O)C(=O)N(c2nnc(C)s2)[C@@H]1c1cccnc1. The molecule has 1 N–H and O–H groups in total. The van der Waals surface area contributed by atoms with E-state index in [1.54, 1.807) is 37.4 Å². The Bertz CT molecular complexity index is 1180. The maximum absolute atomic E-state index is 13.0. The van der Waals surface area contributed by atoms with Crippen molar-refractivity contribution in [3.8, 4) is 5.75 Å². The number of aromatic nitrogens is 3. The molecule has 30 heavy (non-hydrogen) atoms. The summed E-state index contributed by atoms with van der Waals surface area (Å²) in [6.45, 7) is 1.74. The number of methoxy groups -OCH3 is 1. The van der Waals surface area contributed by atoms with Gasteiger partial charge in [0.25, 0.3) is 5.78 Å². The van der Waals surface area contributed by atoms with Crippen molar-refractivity contribution in [3.05, 3.63) is 69.5 Å². The Labute approximate surface area is 180 Å². The summed E-state index contributed by atoms with van der Waals surface area (Å²) < 4.78 is 5.30. The van der Waals surface area contributed by atoms with E-state index in [4.69, 9.17) is 16.3 Å². The van der Waals surface area contributed by atoms with Gasteiger partial charge in [0.1, 0.15) is 16.5 Å². The van der Waals surface area contributed by atoms with Crippen LogP contribution < -0.4 is 9.64 Å². The van der Waals surface area contributed by atoms with E-state index >= 15 is 0 Å². The molecule has 152 valence electrons. The number of hydrogen-bond acceptors (Lipinski definition) is 8. The molecule has 0 unspecified atom stereocenters. The number of ketones is 1. The number of pyridine rings is 1. The number of hydrogen-bond donors (Lipinski definition) is 1. The zero-order valence-corrected chi connectivity index (χ0v) is 17.4. The van der Waals surface area contributed by atoms with Crippen LogP contribution in [0.3, 0.4) is 0 Å². The smallest absolute Gasteiger partial charge is 0.301 e. The molecule has 10 heteroatoms. The van der Waals surface area contributed by atoms with Crippen molar-refractivity contribution < 1.29 is 19.4 Å². The Morgan fingerprint density at radius 3 is 2.70 bits per heavy atom. The van der Waals surface area contributed by atoms with Gasteiger partial charge in [-0.2, -0.15) is 0 Å². The Kier molecular flexibility index (Phi) is 5.23. The molecule has 1 saturated heterocycles. The van der Waals surface area contributed by atoms with Gasteiger partial charge in [-0.3, -0.25) is 19.5 Å². The lowest BCUT2D eigenvalue weighted by Crippen LogP contribution is -2.29. The summed E-state index contributed by atoms with van der Waals surface area (Å²) in [5.74, 6) is -1.76. The molecule has 1 atom stereocenters. The fourth-order valence-electron chi connectivity index (χ4n) is 3.28. The second-order valence-electron chi connectivity index (χ2n) is 6.40. The van der Waals surface area contributed by atoms with Gasteiger partial charge in [0.05, 0.1) is 24.3 Å². The molecule has 1 amide bonds. The van der Waals surface area contributed by atoms with E-state index in [-0.39, 0.29) is 16.3 Å². The summed E-state index contributed by atoms with van der Waals surface area (Å²) in [5.41, 5.74) is 0.624. The maximum Gasteiger partial charge on any atom is 0.301 e. The summed E-state index contributed by atoms with van der Waals surface area (Å²) in [7, 11) is 1.43. The third kappa shape index (κ3) is 3.31. The topological polar surface area (TPSA) is 106 Å². The molecule has 1 aliphatic rings. The largest absolute Gasteiger partial charge is 0.507 e. The number of carbonyl (C=O) groups excluding carboxylic acids is 2. The van der Waals surface area contributed by atoms with Crippen molar-refractivity contribution in [1.29, 1.82) is 0 Å². The molecule has 1 fully saturated rings. The molecule has 0 aliphatic carbocycles. The highest BCUT2D eigenvalue weighted by atomic mass is 35.5. The fourth-order valence-corrected chi connectivity index (χ4v) is 4.16. The lowest BCUT2D eigenvalue weighted by molar-refractivity contribution is -0.132. The number of amides is 1. The van der Waals surface area contributed by atoms with Crippen LogP contribution in [0.15, 0.2) is 48.3 Å². The normalized spacial score (nSPS) is 18.1. The number of Topliss-reactive ketones (excluding diaryl/α,β-unsaturated/α-hetero) is 1. The zero-order chi connectivity index (χ0) is 21.4. The first-order valence-corrected chi connectivity index (χ1v) is 9.96. The molecule has 3 aromatic rings. The van der Waals surface area contributed by atoms with Gasteiger partial charge >= 0.3 is 5.91 Å². The van der Waals surface area contributed by atoms with E-state index in [0.29, 0.717) is 21.3 Å². The number of carbonyl (C=O) groups is 2. The van der Waals surface area contributed by atoms with Gasteiger partial charge in [0.2, 0.25) is 5.13 Å². The minimum Gasteiger partial charge on any atom is -0.507 e. The number of nitrogens with zero attached hydrogens (tertiary/aromatic N) is 4. The van der Waals surface area contributed by atoms with Gasteiger partial charge in [-0.15, -0.1) is 10.2 Å². The summed E-state index contributed by atoms with van der Waals surface area (Å²) in [4.78, 5) is 31.3. The molecular formula is C20H15ClN4O4S. The molecule has 4 rings (SSSR count). The molecule has 1 aromatic carbocycles. The highest BCUT2D eigenvalue weighted by Crippen LogP contribution is 2.43. The van der Waals surface area contributed by atoms with Crippen LogP contribution in [0.5, 0.6) is 5.75 Å². The Morgan fingerprint density at radius 2 is 2.07 bits per heavy atom. The van der Waals surface area contributed by atoms with Gasteiger partial charge in [-0.1, -0.05) is 29.0 Å². The van der Waals surface area contributed by atoms with Gasteiger partial charge in [-0.05, 0) is 36.8 Å². The minimum atomic E-state index is -0.935. The highest BCUT2D eigenvalue weighted by molar-refractivity contribution is 7.15. The lowest BCUT2D eigenvalue weighted by Gasteiger charge is -2.22. The van der Waals surface area contributed by atoms with E-state index in [0.717, 1.165) is 0 Å². The van der Waals surface area contributed by atoms with Crippen molar-refractivity contribution >= 4 is 45.5 Å². The molecule has 3 heterocycles. The fraction of sp³-hybridized carbons (Fsp3) is 0.150. The van der Waals surface area contributed by atoms with Crippen LogP contribution in [0.4, 0.5) is 5.13 Å². The van der Waals surface area contributed by atoms with Crippen molar-refractivity contribution in [2.75, 3.05) is 12.0 Å². The first-order valence-electron chi connectivity index (χ1n) is 8.77. The summed E-state index contributed by atoms with van der Waals surface area (Å²) in [6.07, 6.45) is 3.10. The van der Waals surface area contributed by atoms with E-state index in [2.05, 4.69) is 15.2 Å². The number of aryl methyl sites for hydroxylation is 1. The average molecular weight is 443 g/mol. The predicted octanol–water partition coefficient (Wildman–Crippen LogP) is 3.53. The summed E-state index contributed by atoms with van der Waals surface area (Å²) >= 11 is 7.26. The van der Waals surface area contributed by atoms with Crippen LogP contribution in [-0.4, -0.2) is 39.1 Å². The van der Waals surface area contributed by atoms with Crippen molar-refractivity contribution in [2.45, 2.75) is 13.0 Å². The van der Waals surface area contributed by atoms with Gasteiger partial charge in [0, 0.05) is 17.4 Å². The third-order valence-electron chi connectivity index (χ3n) is 4.58. The molecule has 0 saturated carbocycles. The van der Waals surface area contributed by atoms with Crippen LogP contribution in [0.25, 0.3) is 5.76 Å². The number of rotatable bonds is 4. The number of benzene rings is 1. The Hall–Kier alpha value is -3.30. The minimum absolute atomic E-state index is 0.110. The Balaban J connectivity index is 1.98. The zero-order valence-electron chi connectivity index (χ0n) is 15.9. The van der Waals surface area contributed by atoms with E-state index in [9.17, 15) is 14.7 Å². The number of halogens is 1. The standard InChI is InChI=1S/C20H15ClN4O4S/c1-10-23-24-20(30-10)25-16(11-4-3-7-22-9-11)15(18(27)19(25)28)17(26)13-8-12(21)5-6-14(13)29-2/h3-9,16,26H,1-2H3/t16-/m1/s1. The van der Waals surface area contributed by atoms with E-state index in [1.165, 1.54) is 35.6 Å². The second kappa shape index (κ2) is 7.85. The van der Waals surface area contributed by atoms with Crippen LogP contribution in [0.1, 0.15) is 22.2 Å². The molecule has 0 spiro atoms. The molecule has 2 aromatic heterocycles. The van der Waals surface area contributed by atoms with Crippen molar-refractivity contribution in [1.82, 2.24) is 15.2 Å². The molecular weight excluding hydrogens is 428 g/mol. The van der Waals surface area contributed by atoms with E-state index < -0.39 is 23.5 Å². The number of aliphatic hydroxyl groups is 1. The van der Waals surface area contributed by atoms with Crippen molar-refractivity contribution in [2.24, 2.45) is 0 Å². The molecule has 8 nitrogen and oxygen atoms in total. The molecule has 0 bridgehead atoms. The number of ether oxygens (including phenoxy) is 1. The number of anilines is 1. The Morgan fingerprint density at radius 1 is 1.27 bits per heavy atom. The van der Waals surface area contributed by atoms with Crippen LogP contribution in [0.2, 0.25) is 5.02 Å². The number of aliphatic hydroxyl groups excluding tert-OH is 1. The quantitative estimate of drug-likeness (QED) is 0.374. The molecule has 0 radical (unpaired) electrons. The first kappa shape index (κ1) is 20.0. The predicted molar refractivity (Wildman–Crippen MR) is 112 cm³/mol.